The summed E-state index contributed by atoms with van der Waals surface area (Å²) in [5, 5.41) is 1.21. The molecule has 0 aliphatic carbocycles. The lowest BCUT2D eigenvalue weighted by atomic mass is 10.0. The Morgan fingerprint density at radius 1 is 1.15 bits per heavy atom. The van der Waals surface area contributed by atoms with Crippen LogP contribution in [-0.4, -0.2) is 10.8 Å². The van der Waals surface area contributed by atoms with Gasteiger partial charge in [-0.15, -0.1) is 0 Å². The Morgan fingerprint density at radius 3 is 2.75 bits per heavy atom. The Bertz CT molecular complexity index is 828. The fourth-order valence-electron chi connectivity index (χ4n) is 2.10. The molecule has 0 atom stereocenters. The van der Waals surface area contributed by atoms with Crippen LogP contribution < -0.4 is 0 Å². The lowest BCUT2D eigenvalue weighted by molar-refractivity contribution is 0.103. The third-order valence-electron chi connectivity index (χ3n) is 3.06. The van der Waals surface area contributed by atoms with Crippen LogP contribution in [0.2, 0.25) is 5.02 Å². The maximum Gasteiger partial charge on any atom is 0.196 e. The first-order valence-electron chi connectivity index (χ1n) is 5.82. The molecule has 1 N–H and O–H groups in total. The second-order valence-electron chi connectivity index (χ2n) is 4.35. The second-order valence-corrected chi connectivity index (χ2v) is 5.94. The second kappa shape index (κ2) is 5.18. The zero-order valence-electron chi connectivity index (χ0n) is 10.1. The standard InChI is InChI=1S/C15H8ClFINO/c16-8-1-4-13(18)11(5-8)15(20)12-7-19-14-6-9(17)2-3-10(12)14/h1-7,19H. The first-order chi connectivity index (χ1) is 9.56. The number of carbonyl (C=O) groups excluding carboxylic acids is 1. The summed E-state index contributed by atoms with van der Waals surface area (Å²) < 4.78 is 14.0. The molecular formula is C15H8ClFINO. The van der Waals surface area contributed by atoms with E-state index in [9.17, 15) is 9.18 Å². The molecule has 0 amide bonds. The molecule has 1 aromatic heterocycles. The van der Waals surface area contributed by atoms with E-state index < -0.39 is 0 Å². The highest BCUT2D eigenvalue weighted by atomic mass is 127. The number of carbonyl (C=O) groups is 1. The largest absolute Gasteiger partial charge is 0.360 e. The van der Waals surface area contributed by atoms with Gasteiger partial charge >= 0.3 is 0 Å². The van der Waals surface area contributed by atoms with Gasteiger partial charge in [0.15, 0.2) is 5.78 Å². The Labute approximate surface area is 133 Å². The SMILES string of the molecule is O=C(c1cc(Cl)ccc1I)c1c[nH]c2cc(F)ccc12. The van der Waals surface area contributed by atoms with Crippen LogP contribution in [0.15, 0.2) is 42.6 Å². The molecule has 0 aliphatic heterocycles. The number of aromatic nitrogens is 1. The Morgan fingerprint density at radius 2 is 1.95 bits per heavy atom. The van der Waals surface area contributed by atoms with Gasteiger partial charge < -0.3 is 4.98 Å². The average Bonchev–Trinajstić information content (AvgIpc) is 2.83. The number of hydrogen-bond acceptors (Lipinski definition) is 1. The van der Waals surface area contributed by atoms with E-state index in [1.54, 1.807) is 30.5 Å². The number of halogens is 3. The molecule has 0 bridgehead atoms. The van der Waals surface area contributed by atoms with E-state index in [0.29, 0.717) is 27.1 Å². The molecule has 3 aromatic rings. The number of fused-ring (bicyclic) bond motifs is 1. The number of benzene rings is 2. The van der Waals surface area contributed by atoms with Gasteiger partial charge in [-0.2, -0.15) is 0 Å². The van der Waals surface area contributed by atoms with E-state index in [4.69, 9.17) is 11.6 Å². The summed E-state index contributed by atoms with van der Waals surface area (Å²) in [4.78, 5) is 15.5. The maximum absolute atomic E-state index is 13.2. The van der Waals surface area contributed by atoms with Crippen LogP contribution in [0.25, 0.3) is 10.9 Å². The highest BCUT2D eigenvalue weighted by Gasteiger charge is 2.17. The quantitative estimate of drug-likeness (QED) is 0.487. The zero-order chi connectivity index (χ0) is 14.3. The van der Waals surface area contributed by atoms with Gasteiger partial charge in [-0.1, -0.05) is 11.6 Å². The van der Waals surface area contributed by atoms with Crippen molar-refractivity contribution < 1.29 is 9.18 Å². The number of hydrogen-bond donors (Lipinski definition) is 1. The topological polar surface area (TPSA) is 32.9 Å². The molecule has 0 radical (unpaired) electrons. The number of rotatable bonds is 2. The molecule has 1 heterocycles. The minimum Gasteiger partial charge on any atom is -0.360 e. The van der Waals surface area contributed by atoms with Gasteiger partial charge in [0.25, 0.3) is 0 Å². The molecule has 0 saturated carbocycles. The van der Waals surface area contributed by atoms with Crippen molar-refractivity contribution in [3.8, 4) is 0 Å². The Kier molecular flexibility index (Phi) is 3.52. The van der Waals surface area contributed by atoms with Gasteiger partial charge in [0.1, 0.15) is 5.82 Å². The fraction of sp³-hybridized carbons (Fsp3) is 0. The number of H-pyrrole nitrogens is 1. The summed E-state index contributed by atoms with van der Waals surface area (Å²) in [7, 11) is 0. The third-order valence-corrected chi connectivity index (χ3v) is 4.24. The summed E-state index contributed by atoms with van der Waals surface area (Å²) in [6.07, 6.45) is 1.60. The van der Waals surface area contributed by atoms with Crippen LogP contribution in [0.3, 0.4) is 0 Å². The van der Waals surface area contributed by atoms with Crippen molar-refractivity contribution in [3.63, 3.8) is 0 Å². The Balaban J connectivity index is 2.15. The summed E-state index contributed by atoms with van der Waals surface area (Å²) >= 11 is 8.04. The fourth-order valence-corrected chi connectivity index (χ4v) is 2.86. The molecule has 3 rings (SSSR count). The van der Waals surface area contributed by atoms with Crippen LogP contribution in [-0.2, 0) is 0 Å². The van der Waals surface area contributed by atoms with Crippen LogP contribution in [0.4, 0.5) is 4.39 Å². The van der Waals surface area contributed by atoms with Crippen LogP contribution in [0.5, 0.6) is 0 Å². The summed E-state index contributed by atoms with van der Waals surface area (Å²) in [6.45, 7) is 0. The molecule has 20 heavy (non-hydrogen) atoms. The molecular weight excluding hydrogens is 392 g/mol. The summed E-state index contributed by atoms with van der Waals surface area (Å²) in [5.41, 5.74) is 1.66. The maximum atomic E-state index is 13.2. The predicted molar refractivity (Wildman–Crippen MR) is 85.9 cm³/mol. The smallest absolute Gasteiger partial charge is 0.196 e. The number of aromatic amines is 1. The van der Waals surface area contributed by atoms with E-state index in [1.165, 1.54) is 12.1 Å². The summed E-state index contributed by atoms with van der Waals surface area (Å²) in [6, 6.07) is 9.50. The van der Waals surface area contributed by atoms with Gasteiger partial charge in [-0.25, -0.2) is 4.39 Å². The van der Waals surface area contributed by atoms with Crippen LogP contribution in [0.1, 0.15) is 15.9 Å². The van der Waals surface area contributed by atoms with E-state index in [-0.39, 0.29) is 11.6 Å². The number of ketones is 1. The molecule has 2 nitrogen and oxygen atoms in total. The molecule has 2 aromatic carbocycles. The molecule has 0 fully saturated rings. The van der Waals surface area contributed by atoms with Crippen molar-refractivity contribution in [2.24, 2.45) is 0 Å². The van der Waals surface area contributed by atoms with E-state index >= 15 is 0 Å². The lowest BCUT2D eigenvalue weighted by Crippen LogP contribution is -2.03. The summed E-state index contributed by atoms with van der Waals surface area (Å²) in [5.74, 6) is -0.467. The Hall–Kier alpha value is -1.40. The van der Waals surface area contributed by atoms with Gasteiger partial charge in [-0.05, 0) is 59.0 Å². The molecule has 0 saturated heterocycles. The van der Waals surface area contributed by atoms with E-state index in [2.05, 4.69) is 27.6 Å². The lowest BCUT2D eigenvalue weighted by Gasteiger charge is -2.03. The third kappa shape index (κ3) is 2.33. The minimum absolute atomic E-state index is 0.130. The van der Waals surface area contributed by atoms with E-state index in [0.717, 1.165) is 3.57 Å². The highest BCUT2D eigenvalue weighted by molar-refractivity contribution is 14.1. The molecule has 5 heteroatoms. The molecule has 0 spiro atoms. The molecule has 100 valence electrons. The zero-order valence-corrected chi connectivity index (χ0v) is 13.0. The van der Waals surface area contributed by atoms with Crippen LogP contribution in [0, 0.1) is 9.39 Å². The van der Waals surface area contributed by atoms with Gasteiger partial charge in [0, 0.05) is 36.8 Å². The van der Waals surface area contributed by atoms with E-state index in [1.807, 2.05) is 0 Å². The monoisotopic (exact) mass is 399 g/mol. The normalized spacial score (nSPS) is 10.9. The number of nitrogens with one attached hydrogen (secondary N) is 1. The molecule has 0 unspecified atom stereocenters. The van der Waals surface area contributed by atoms with Crippen LogP contribution >= 0.6 is 34.2 Å². The van der Waals surface area contributed by atoms with Gasteiger partial charge in [-0.3, -0.25) is 4.79 Å². The van der Waals surface area contributed by atoms with Crippen molar-refractivity contribution in [1.29, 1.82) is 0 Å². The van der Waals surface area contributed by atoms with Crippen molar-refractivity contribution >= 4 is 50.9 Å². The molecule has 0 aliphatic rings. The highest BCUT2D eigenvalue weighted by Crippen LogP contribution is 2.25. The van der Waals surface area contributed by atoms with Crippen molar-refractivity contribution in [1.82, 2.24) is 4.98 Å². The van der Waals surface area contributed by atoms with Crippen molar-refractivity contribution in [3.05, 3.63) is 68.1 Å². The van der Waals surface area contributed by atoms with Crippen molar-refractivity contribution in [2.75, 3.05) is 0 Å². The van der Waals surface area contributed by atoms with Gasteiger partial charge in [0.05, 0.1) is 0 Å². The first-order valence-corrected chi connectivity index (χ1v) is 7.28. The van der Waals surface area contributed by atoms with Gasteiger partial charge in [0.2, 0.25) is 0 Å². The minimum atomic E-state index is -0.337. The first kappa shape index (κ1) is 13.6. The average molecular weight is 400 g/mol. The van der Waals surface area contributed by atoms with Crippen molar-refractivity contribution in [2.45, 2.75) is 0 Å². The predicted octanol–water partition coefficient (Wildman–Crippen LogP) is 4.80.